The molecular weight excluding hydrogens is 244 g/mol. The normalized spacial score (nSPS) is 22.8. The maximum atomic E-state index is 12.2. The number of nitrogens with one attached hydrogen (secondary N) is 1. The molecule has 1 saturated heterocycles. The van der Waals surface area contributed by atoms with E-state index >= 15 is 0 Å². The summed E-state index contributed by atoms with van der Waals surface area (Å²) in [7, 11) is 0. The highest BCUT2D eigenvalue weighted by Gasteiger charge is 2.32. The van der Waals surface area contributed by atoms with Gasteiger partial charge >= 0.3 is 5.97 Å². The molecule has 19 heavy (non-hydrogen) atoms. The van der Waals surface area contributed by atoms with Crippen molar-refractivity contribution in [3.8, 4) is 0 Å². The van der Waals surface area contributed by atoms with Crippen LogP contribution in [0.4, 0.5) is 0 Å². The van der Waals surface area contributed by atoms with Gasteiger partial charge in [0.1, 0.15) is 0 Å². The Kier molecular flexibility index (Phi) is 5.35. The van der Waals surface area contributed by atoms with Gasteiger partial charge in [-0.15, -0.1) is 0 Å². The lowest BCUT2D eigenvalue weighted by atomic mass is 9.97. The Morgan fingerprint density at radius 1 is 1.37 bits per heavy atom. The monoisotopic (exact) mass is 270 g/mol. The molecule has 1 heterocycles. The average molecular weight is 270 g/mol. The molecule has 0 radical (unpaired) electrons. The maximum absolute atomic E-state index is 12.2. The van der Waals surface area contributed by atoms with E-state index in [4.69, 9.17) is 5.11 Å². The molecule has 1 aliphatic heterocycles. The second kappa shape index (κ2) is 6.37. The number of carbonyl (C=O) groups excluding carboxylic acids is 1. The number of carboxylic acids is 1. The average Bonchev–Trinajstić information content (AvgIpc) is 2.25. The van der Waals surface area contributed by atoms with Gasteiger partial charge in [0.15, 0.2) is 0 Å². The second-order valence-electron chi connectivity index (χ2n) is 6.40. The lowest BCUT2D eigenvalue weighted by molar-refractivity contribution is -0.140. The third kappa shape index (κ3) is 5.19. The zero-order chi connectivity index (χ0) is 14.6. The van der Waals surface area contributed by atoms with E-state index in [0.29, 0.717) is 0 Å². The van der Waals surface area contributed by atoms with Crippen LogP contribution in [0.5, 0.6) is 0 Å². The van der Waals surface area contributed by atoms with Crippen molar-refractivity contribution < 1.29 is 14.7 Å². The highest BCUT2D eigenvalue weighted by atomic mass is 16.4. The van der Waals surface area contributed by atoms with Gasteiger partial charge in [0, 0.05) is 11.6 Å². The molecule has 1 amide bonds. The highest BCUT2D eigenvalue weighted by Crippen LogP contribution is 2.22. The molecule has 0 spiro atoms. The van der Waals surface area contributed by atoms with Crippen LogP contribution in [0.15, 0.2) is 0 Å². The zero-order valence-electron chi connectivity index (χ0n) is 12.4. The van der Waals surface area contributed by atoms with E-state index in [1.807, 2.05) is 32.6 Å². The number of carbonyl (C=O) groups is 2. The zero-order valence-corrected chi connectivity index (χ0v) is 12.4. The largest absolute Gasteiger partial charge is 0.481 e. The number of amides is 1. The summed E-state index contributed by atoms with van der Waals surface area (Å²) in [6, 6.07) is -0.296. The van der Waals surface area contributed by atoms with Crippen molar-refractivity contribution in [3.05, 3.63) is 0 Å². The minimum absolute atomic E-state index is 0.0213. The van der Waals surface area contributed by atoms with Crippen LogP contribution >= 0.6 is 0 Å². The van der Waals surface area contributed by atoms with E-state index in [2.05, 4.69) is 5.32 Å². The minimum atomic E-state index is -0.791. The molecule has 5 heteroatoms. The van der Waals surface area contributed by atoms with E-state index in [1.165, 1.54) is 0 Å². The molecule has 0 aliphatic carbocycles. The number of nitrogens with zero attached hydrogens (tertiary/aromatic N) is 1. The molecule has 2 unspecified atom stereocenters. The summed E-state index contributed by atoms with van der Waals surface area (Å²) < 4.78 is 0. The molecule has 0 aromatic heterocycles. The van der Waals surface area contributed by atoms with Gasteiger partial charge in [-0.05, 0) is 47.1 Å². The Labute approximate surface area is 115 Å². The second-order valence-corrected chi connectivity index (χ2v) is 6.40. The minimum Gasteiger partial charge on any atom is -0.481 e. The standard InChI is InChI=1S/C14H26N2O3/c1-10(13(19)15-14(2,3)4)16-8-6-5-7-11(16)9-12(17)18/h10-11H,5-9H2,1-4H3,(H,15,19)(H,17,18). The first kappa shape index (κ1) is 16.0. The van der Waals surface area contributed by atoms with Crippen molar-refractivity contribution in [3.63, 3.8) is 0 Å². The van der Waals surface area contributed by atoms with Crippen molar-refractivity contribution in [2.24, 2.45) is 0 Å². The molecule has 2 atom stereocenters. The third-order valence-corrected chi connectivity index (χ3v) is 3.46. The summed E-state index contributed by atoms with van der Waals surface area (Å²) >= 11 is 0. The van der Waals surface area contributed by atoms with Crippen LogP contribution in [0, 0.1) is 0 Å². The Morgan fingerprint density at radius 2 is 2.00 bits per heavy atom. The number of likely N-dealkylation sites (tertiary alicyclic amines) is 1. The van der Waals surface area contributed by atoms with Crippen molar-refractivity contribution in [2.75, 3.05) is 6.54 Å². The molecule has 110 valence electrons. The molecule has 1 rings (SSSR count). The summed E-state index contributed by atoms with van der Waals surface area (Å²) in [5.74, 6) is -0.815. The SMILES string of the molecule is CC(C(=O)NC(C)(C)C)N1CCCCC1CC(=O)O. The lowest BCUT2D eigenvalue weighted by Gasteiger charge is -2.39. The highest BCUT2D eigenvalue weighted by molar-refractivity contribution is 5.82. The van der Waals surface area contributed by atoms with Crippen LogP contribution in [0.25, 0.3) is 0 Å². The van der Waals surface area contributed by atoms with Crippen molar-refractivity contribution in [2.45, 2.75) is 71.0 Å². The van der Waals surface area contributed by atoms with E-state index in [-0.39, 0.29) is 30.0 Å². The van der Waals surface area contributed by atoms with E-state index in [9.17, 15) is 9.59 Å². The number of rotatable bonds is 4. The van der Waals surface area contributed by atoms with Gasteiger partial charge in [0.05, 0.1) is 12.5 Å². The fourth-order valence-electron chi connectivity index (χ4n) is 2.58. The molecular formula is C14H26N2O3. The van der Waals surface area contributed by atoms with Gasteiger partial charge in [-0.25, -0.2) is 0 Å². The first-order chi connectivity index (χ1) is 8.70. The predicted octanol–water partition coefficient (Wildman–Crippen LogP) is 1.62. The van der Waals surface area contributed by atoms with Gasteiger partial charge in [-0.3, -0.25) is 14.5 Å². The Bertz CT molecular complexity index is 336. The number of carboxylic acid groups (broad SMARTS) is 1. The van der Waals surface area contributed by atoms with Crippen molar-refractivity contribution in [1.29, 1.82) is 0 Å². The van der Waals surface area contributed by atoms with Gasteiger partial charge in [-0.2, -0.15) is 0 Å². The fraction of sp³-hybridized carbons (Fsp3) is 0.857. The molecule has 1 fully saturated rings. The molecule has 0 aromatic rings. The van der Waals surface area contributed by atoms with Gasteiger partial charge in [0.25, 0.3) is 0 Å². The topological polar surface area (TPSA) is 69.6 Å². The first-order valence-corrected chi connectivity index (χ1v) is 7.00. The maximum Gasteiger partial charge on any atom is 0.304 e. The van der Waals surface area contributed by atoms with Gasteiger partial charge < -0.3 is 10.4 Å². The summed E-state index contributed by atoms with van der Waals surface area (Å²) in [6.07, 6.45) is 3.05. The predicted molar refractivity (Wildman–Crippen MR) is 74.0 cm³/mol. The lowest BCUT2D eigenvalue weighted by Crippen LogP contribution is -2.55. The third-order valence-electron chi connectivity index (χ3n) is 3.46. The van der Waals surface area contributed by atoms with Crippen LogP contribution in [-0.4, -0.2) is 46.1 Å². The molecule has 2 N–H and O–H groups in total. The van der Waals surface area contributed by atoms with Crippen LogP contribution in [0.3, 0.4) is 0 Å². The quantitative estimate of drug-likeness (QED) is 0.814. The van der Waals surface area contributed by atoms with Crippen LogP contribution in [0.2, 0.25) is 0 Å². The number of hydrogen-bond donors (Lipinski definition) is 2. The van der Waals surface area contributed by atoms with Crippen molar-refractivity contribution in [1.82, 2.24) is 10.2 Å². The number of piperidine rings is 1. The summed E-state index contributed by atoms with van der Waals surface area (Å²) in [6.45, 7) is 8.51. The van der Waals surface area contributed by atoms with Gasteiger partial charge in [-0.1, -0.05) is 6.42 Å². The summed E-state index contributed by atoms with van der Waals surface area (Å²) in [5.41, 5.74) is -0.260. The fourth-order valence-corrected chi connectivity index (χ4v) is 2.58. The van der Waals surface area contributed by atoms with Crippen LogP contribution in [0.1, 0.15) is 53.4 Å². The Morgan fingerprint density at radius 3 is 2.53 bits per heavy atom. The molecule has 0 aromatic carbocycles. The smallest absolute Gasteiger partial charge is 0.304 e. The number of hydrogen-bond acceptors (Lipinski definition) is 3. The van der Waals surface area contributed by atoms with Crippen LogP contribution < -0.4 is 5.32 Å². The molecule has 5 nitrogen and oxygen atoms in total. The Hall–Kier alpha value is -1.10. The summed E-state index contributed by atoms with van der Waals surface area (Å²) in [5, 5.41) is 11.9. The summed E-state index contributed by atoms with van der Waals surface area (Å²) in [4.78, 5) is 25.1. The molecule has 1 aliphatic rings. The van der Waals surface area contributed by atoms with E-state index < -0.39 is 5.97 Å². The molecule has 0 bridgehead atoms. The van der Waals surface area contributed by atoms with Crippen molar-refractivity contribution >= 4 is 11.9 Å². The first-order valence-electron chi connectivity index (χ1n) is 7.00. The van der Waals surface area contributed by atoms with Crippen LogP contribution in [-0.2, 0) is 9.59 Å². The van der Waals surface area contributed by atoms with E-state index in [1.54, 1.807) is 0 Å². The van der Waals surface area contributed by atoms with Gasteiger partial charge in [0.2, 0.25) is 5.91 Å². The number of aliphatic carboxylic acids is 1. The Balaban J connectivity index is 2.68. The van der Waals surface area contributed by atoms with E-state index in [0.717, 1.165) is 25.8 Å². The molecule has 0 saturated carbocycles.